The minimum absolute atomic E-state index is 0.0132. The smallest absolute Gasteiger partial charge is 0.289 e. The average molecular weight is 339 g/mol. The second kappa shape index (κ2) is 5.68. The molecule has 13 heteroatoms. The fourth-order valence-corrected chi connectivity index (χ4v) is 1.77. The van der Waals surface area contributed by atoms with E-state index in [4.69, 9.17) is 0 Å². The molecule has 0 saturated carbocycles. The Hall–Kier alpha value is -3.38. The first-order chi connectivity index (χ1) is 11.4. The van der Waals surface area contributed by atoms with E-state index in [1.165, 1.54) is 24.1 Å². The van der Waals surface area contributed by atoms with Crippen molar-refractivity contribution >= 4 is 11.9 Å². The lowest BCUT2D eigenvalue weighted by Gasteiger charge is -2.11. The number of nitrogens with one attached hydrogen (secondary N) is 1. The van der Waals surface area contributed by atoms with Gasteiger partial charge in [-0.25, -0.2) is 9.67 Å². The lowest BCUT2D eigenvalue weighted by molar-refractivity contribution is -0.141. The molecule has 0 aliphatic rings. The molecule has 24 heavy (non-hydrogen) atoms. The molecule has 0 aliphatic heterocycles. The topological polar surface area (TPSA) is 116 Å². The number of aromatic nitrogens is 8. The van der Waals surface area contributed by atoms with E-state index in [2.05, 4.69) is 36.0 Å². The molecule has 1 N–H and O–H groups in total. The third-order valence-corrected chi connectivity index (χ3v) is 2.86. The summed E-state index contributed by atoms with van der Waals surface area (Å²) in [6.45, 7) is 0. The predicted octanol–water partition coefficient (Wildman–Crippen LogP) is 0.457. The number of tetrazole rings is 1. The Balaban J connectivity index is 2.03. The highest BCUT2D eigenvalue weighted by molar-refractivity contribution is 6.05. The van der Waals surface area contributed by atoms with E-state index < -0.39 is 17.8 Å². The van der Waals surface area contributed by atoms with Crippen molar-refractivity contribution in [3.63, 3.8) is 0 Å². The third-order valence-electron chi connectivity index (χ3n) is 2.86. The van der Waals surface area contributed by atoms with Crippen molar-refractivity contribution in [1.82, 2.24) is 40.2 Å². The van der Waals surface area contributed by atoms with Crippen molar-refractivity contribution in [2.75, 3.05) is 5.32 Å². The van der Waals surface area contributed by atoms with Crippen molar-refractivity contribution in [2.24, 2.45) is 7.05 Å². The zero-order valence-corrected chi connectivity index (χ0v) is 11.9. The van der Waals surface area contributed by atoms with Crippen LogP contribution in [0.3, 0.4) is 0 Å². The molecule has 0 saturated heterocycles. The number of anilines is 1. The molecular weight excluding hydrogens is 331 g/mol. The number of amides is 1. The number of aryl methyl sites for hydroxylation is 1. The van der Waals surface area contributed by atoms with Crippen LogP contribution in [0.25, 0.3) is 5.82 Å². The summed E-state index contributed by atoms with van der Waals surface area (Å²) < 4.78 is 39.8. The Morgan fingerprint density at radius 3 is 2.50 bits per heavy atom. The van der Waals surface area contributed by atoms with Gasteiger partial charge in [-0.05, 0) is 22.6 Å². The molecule has 0 spiro atoms. The largest absolute Gasteiger partial charge is 0.433 e. The summed E-state index contributed by atoms with van der Waals surface area (Å²) in [5, 5.41) is 20.2. The first-order valence-electron chi connectivity index (χ1n) is 6.35. The molecule has 0 bridgehead atoms. The van der Waals surface area contributed by atoms with Crippen LogP contribution in [0.5, 0.6) is 0 Å². The maximum Gasteiger partial charge on any atom is 0.433 e. The van der Waals surface area contributed by atoms with Crippen LogP contribution < -0.4 is 5.32 Å². The number of alkyl halides is 3. The van der Waals surface area contributed by atoms with Crippen molar-refractivity contribution in [2.45, 2.75) is 6.18 Å². The van der Waals surface area contributed by atoms with Gasteiger partial charge in [-0.2, -0.15) is 23.4 Å². The van der Waals surface area contributed by atoms with Crippen LogP contribution in [0.15, 0.2) is 24.5 Å². The van der Waals surface area contributed by atoms with Gasteiger partial charge in [0.25, 0.3) is 5.91 Å². The van der Waals surface area contributed by atoms with E-state index in [1.807, 2.05) is 0 Å². The summed E-state index contributed by atoms with van der Waals surface area (Å²) in [5.74, 6) is -1.12. The van der Waals surface area contributed by atoms with E-state index in [0.717, 1.165) is 10.9 Å². The molecule has 0 aliphatic carbocycles. The number of carbonyl (C=O) groups excluding carboxylic acids is 1. The predicted molar refractivity (Wildman–Crippen MR) is 70.9 cm³/mol. The molecule has 0 atom stereocenters. The Kier molecular flexibility index (Phi) is 3.67. The van der Waals surface area contributed by atoms with Crippen LogP contribution in [0.2, 0.25) is 0 Å². The second-order valence-corrected chi connectivity index (χ2v) is 4.46. The van der Waals surface area contributed by atoms with E-state index in [1.54, 1.807) is 0 Å². The van der Waals surface area contributed by atoms with Crippen LogP contribution in [0.4, 0.5) is 19.1 Å². The van der Waals surface area contributed by atoms with Gasteiger partial charge in [-0.1, -0.05) is 5.10 Å². The molecular formula is C11H8F3N9O. The van der Waals surface area contributed by atoms with Gasteiger partial charge in [0.05, 0.1) is 18.0 Å². The van der Waals surface area contributed by atoms with E-state index in [-0.39, 0.29) is 17.3 Å². The standard InChI is InChI=1S/C11H8F3N9O/c1-22-10(19-20-21-22)18-9(24)6-2-3-7(11(12,13)14)17-8(6)23-15-4-5-16-23/h2-5H,1H3,(H,18,19,21,24). The molecule has 1 amide bonds. The van der Waals surface area contributed by atoms with Crippen molar-refractivity contribution < 1.29 is 18.0 Å². The van der Waals surface area contributed by atoms with Crippen LogP contribution in [-0.2, 0) is 13.2 Å². The van der Waals surface area contributed by atoms with Crippen LogP contribution in [0, 0.1) is 0 Å². The Bertz CT molecular complexity index is 871. The number of hydrogen-bond acceptors (Lipinski definition) is 7. The van der Waals surface area contributed by atoms with Crippen LogP contribution in [0.1, 0.15) is 16.1 Å². The summed E-state index contributed by atoms with van der Waals surface area (Å²) in [6, 6.07) is 1.67. The summed E-state index contributed by atoms with van der Waals surface area (Å²) in [4.78, 5) is 16.6. The third kappa shape index (κ3) is 2.90. The summed E-state index contributed by atoms with van der Waals surface area (Å²) in [6.07, 6.45) is -2.18. The van der Waals surface area contributed by atoms with Gasteiger partial charge in [0.2, 0.25) is 5.95 Å². The summed E-state index contributed by atoms with van der Waals surface area (Å²) in [7, 11) is 1.48. The molecule has 0 aromatic carbocycles. The molecule has 10 nitrogen and oxygen atoms in total. The molecule has 3 aromatic rings. The first kappa shape index (κ1) is 15.5. The highest BCUT2D eigenvalue weighted by atomic mass is 19.4. The highest BCUT2D eigenvalue weighted by Crippen LogP contribution is 2.29. The number of rotatable bonds is 3. The normalized spacial score (nSPS) is 11.5. The van der Waals surface area contributed by atoms with Crippen molar-refractivity contribution in [1.29, 1.82) is 0 Å². The lowest BCUT2D eigenvalue weighted by atomic mass is 10.2. The van der Waals surface area contributed by atoms with Gasteiger partial charge in [0.15, 0.2) is 5.82 Å². The number of nitrogens with zero attached hydrogens (tertiary/aromatic N) is 8. The quantitative estimate of drug-likeness (QED) is 0.736. The first-order valence-corrected chi connectivity index (χ1v) is 6.35. The van der Waals surface area contributed by atoms with Gasteiger partial charge in [0, 0.05) is 7.05 Å². The average Bonchev–Trinajstić information content (AvgIpc) is 3.18. The molecule has 3 aromatic heterocycles. The molecule has 3 heterocycles. The maximum absolute atomic E-state index is 12.9. The maximum atomic E-state index is 12.9. The Morgan fingerprint density at radius 2 is 1.92 bits per heavy atom. The molecule has 0 unspecified atom stereocenters. The minimum Gasteiger partial charge on any atom is -0.289 e. The zero-order valence-electron chi connectivity index (χ0n) is 11.9. The molecule has 0 fully saturated rings. The zero-order chi connectivity index (χ0) is 17.3. The number of carbonyl (C=O) groups is 1. The molecule has 3 rings (SSSR count). The van der Waals surface area contributed by atoms with Gasteiger partial charge < -0.3 is 0 Å². The Labute approximate surface area is 131 Å². The van der Waals surface area contributed by atoms with Gasteiger partial charge in [-0.3, -0.25) is 10.1 Å². The monoisotopic (exact) mass is 339 g/mol. The van der Waals surface area contributed by atoms with Crippen LogP contribution >= 0.6 is 0 Å². The van der Waals surface area contributed by atoms with Gasteiger partial charge >= 0.3 is 6.18 Å². The highest BCUT2D eigenvalue weighted by Gasteiger charge is 2.34. The number of halogens is 3. The molecule has 0 radical (unpaired) electrons. The summed E-state index contributed by atoms with van der Waals surface area (Å²) >= 11 is 0. The second-order valence-electron chi connectivity index (χ2n) is 4.46. The van der Waals surface area contributed by atoms with Gasteiger partial charge in [0.1, 0.15) is 5.69 Å². The number of hydrogen-bond donors (Lipinski definition) is 1. The lowest BCUT2D eigenvalue weighted by Crippen LogP contribution is -2.21. The number of pyridine rings is 1. The van der Waals surface area contributed by atoms with Crippen molar-refractivity contribution in [3.8, 4) is 5.82 Å². The fourth-order valence-electron chi connectivity index (χ4n) is 1.77. The van der Waals surface area contributed by atoms with Gasteiger partial charge in [-0.15, -0.1) is 4.80 Å². The van der Waals surface area contributed by atoms with E-state index in [9.17, 15) is 18.0 Å². The van der Waals surface area contributed by atoms with E-state index >= 15 is 0 Å². The Morgan fingerprint density at radius 1 is 1.21 bits per heavy atom. The van der Waals surface area contributed by atoms with Crippen molar-refractivity contribution in [3.05, 3.63) is 35.8 Å². The minimum atomic E-state index is -4.68. The van der Waals surface area contributed by atoms with E-state index in [0.29, 0.717) is 6.07 Å². The summed E-state index contributed by atoms with van der Waals surface area (Å²) in [5.41, 5.74) is -1.35. The SMILES string of the molecule is Cn1nnnc1NC(=O)c1ccc(C(F)(F)F)nc1-n1nccn1. The fraction of sp³-hybridized carbons (Fsp3) is 0.182. The van der Waals surface area contributed by atoms with Crippen LogP contribution in [-0.4, -0.2) is 46.1 Å². The molecule has 124 valence electrons.